The summed E-state index contributed by atoms with van der Waals surface area (Å²) >= 11 is 0. The van der Waals surface area contributed by atoms with Crippen LogP contribution in [0.3, 0.4) is 0 Å². The minimum atomic E-state index is -0.465. The zero-order valence-electron chi connectivity index (χ0n) is 17.8. The van der Waals surface area contributed by atoms with Crippen molar-refractivity contribution in [2.75, 3.05) is 26.4 Å². The van der Waals surface area contributed by atoms with Gasteiger partial charge in [-0.2, -0.15) is 0 Å². The number of carbonyl (C=O) groups excluding carboxylic acids is 2. The first-order chi connectivity index (χ1) is 15.1. The van der Waals surface area contributed by atoms with Gasteiger partial charge >= 0.3 is 11.9 Å². The second-order valence-electron chi connectivity index (χ2n) is 6.53. The summed E-state index contributed by atoms with van der Waals surface area (Å²) in [6, 6.07) is 13.7. The molecule has 0 amide bonds. The lowest BCUT2D eigenvalue weighted by molar-refractivity contribution is -0.139. The minimum Gasteiger partial charge on any atom is -0.490 e. The van der Waals surface area contributed by atoms with Crippen LogP contribution in [0.5, 0.6) is 11.5 Å². The van der Waals surface area contributed by atoms with E-state index in [-0.39, 0.29) is 26.4 Å². The fourth-order valence-electron chi connectivity index (χ4n) is 2.87. The molecule has 0 aliphatic heterocycles. The average molecular weight is 424 g/mol. The minimum absolute atomic E-state index is 0.168. The van der Waals surface area contributed by atoms with Gasteiger partial charge in [0.25, 0.3) is 0 Å². The Balaban J connectivity index is 1.98. The van der Waals surface area contributed by atoms with Crippen LogP contribution in [0, 0.1) is 0 Å². The average Bonchev–Trinajstić information content (AvgIpc) is 2.80. The van der Waals surface area contributed by atoms with Gasteiger partial charge < -0.3 is 18.9 Å². The Kier molecular flexibility index (Phi) is 9.88. The topological polar surface area (TPSA) is 71.1 Å². The summed E-state index contributed by atoms with van der Waals surface area (Å²) in [6.45, 7) is 9.72. The molecule has 0 spiro atoms. The fraction of sp³-hybridized carbons (Fsp3) is 0.280. The van der Waals surface area contributed by atoms with Crippen molar-refractivity contribution in [1.29, 1.82) is 0 Å². The van der Waals surface area contributed by atoms with Crippen molar-refractivity contribution in [1.82, 2.24) is 0 Å². The molecule has 0 saturated carbocycles. The van der Waals surface area contributed by atoms with Gasteiger partial charge in [-0.3, -0.25) is 0 Å². The molecule has 31 heavy (non-hydrogen) atoms. The van der Waals surface area contributed by atoms with Gasteiger partial charge in [0.1, 0.15) is 37.9 Å². The van der Waals surface area contributed by atoms with Crippen LogP contribution in [0.4, 0.5) is 0 Å². The highest BCUT2D eigenvalue weighted by Gasteiger charge is 2.08. The molecule has 0 saturated heterocycles. The predicted octanol–water partition coefficient (Wildman–Crippen LogP) is 4.52. The molecule has 0 radical (unpaired) electrons. The summed E-state index contributed by atoms with van der Waals surface area (Å²) in [7, 11) is 0. The third kappa shape index (κ3) is 8.01. The molecule has 0 heterocycles. The molecule has 2 rings (SSSR count). The summed E-state index contributed by atoms with van der Waals surface area (Å²) in [5.74, 6) is 0.503. The van der Waals surface area contributed by atoms with Crippen molar-refractivity contribution in [3.8, 4) is 22.6 Å². The van der Waals surface area contributed by atoms with Crippen molar-refractivity contribution in [2.24, 2.45) is 0 Å². The molecule has 0 aromatic heterocycles. The fourth-order valence-corrected chi connectivity index (χ4v) is 2.87. The Morgan fingerprint density at radius 3 is 1.90 bits per heavy atom. The van der Waals surface area contributed by atoms with Gasteiger partial charge in [-0.25, -0.2) is 9.59 Å². The SMILES string of the molecule is C=CC(=O)OCCOc1ccc(-c2ccc(OCCOC(=O)C=C)cc2CCC)cc1. The van der Waals surface area contributed by atoms with Crippen LogP contribution in [0.15, 0.2) is 67.8 Å². The molecule has 0 atom stereocenters. The van der Waals surface area contributed by atoms with Crippen molar-refractivity contribution in [3.63, 3.8) is 0 Å². The molecular formula is C25H28O6. The van der Waals surface area contributed by atoms with E-state index in [0.29, 0.717) is 5.75 Å². The first kappa shape index (κ1) is 23.7. The van der Waals surface area contributed by atoms with E-state index in [1.165, 1.54) is 5.56 Å². The summed E-state index contributed by atoms with van der Waals surface area (Å²) in [4.78, 5) is 22.1. The number of benzene rings is 2. The lowest BCUT2D eigenvalue weighted by Crippen LogP contribution is -2.10. The van der Waals surface area contributed by atoms with E-state index in [4.69, 9.17) is 18.9 Å². The van der Waals surface area contributed by atoms with E-state index in [2.05, 4.69) is 20.1 Å². The number of hydrogen-bond acceptors (Lipinski definition) is 6. The second kappa shape index (κ2) is 12.9. The standard InChI is InChI=1S/C25H28O6/c1-4-7-20-18-22(29-15-17-31-25(27)6-3)12-13-23(20)19-8-10-21(11-9-19)28-14-16-30-24(26)5-2/h5-6,8-13,18H,2-4,7,14-17H2,1H3. The van der Waals surface area contributed by atoms with Crippen LogP contribution in [0.1, 0.15) is 18.9 Å². The van der Waals surface area contributed by atoms with Crippen LogP contribution in [0.2, 0.25) is 0 Å². The van der Waals surface area contributed by atoms with E-state index < -0.39 is 11.9 Å². The second-order valence-corrected chi connectivity index (χ2v) is 6.53. The Labute approximate surface area is 183 Å². The lowest BCUT2D eigenvalue weighted by Gasteiger charge is -2.13. The van der Waals surface area contributed by atoms with Gasteiger partial charge in [0.05, 0.1) is 0 Å². The highest BCUT2D eigenvalue weighted by Crippen LogP contribution is 2.30. The third-order valence-corrected chi connectivity index (χ3v) is 4.29. The predicted molar refractivity (Wildman–Crippen MR) is 119 cm³/mol. The van der Waals surface area contributed by atoms with Crippen molar-refractivity contribution >= 4 is 11.9 Å². The molecule has 0 aliphatic rings. The largest absolute Gasteiger partial charge is 0.490 e. The van der Waals surface area contributed by atoms with Crippen molar-refractivity contribution in [3.05, 3.63) is 73.3 Å². The van der Waals surface area contributed by atoms with Gasteiger partial charge in [-0.1, -0.05) is 44.7 Å². The van der Waals surface area contributed by atoms with Crippen LogP contribution < -0.4 is 9.47 Å². The highest BCUT2D eigenvalue weighted by atomic mass is 16.6. The molecule has 164 valence electrons. The van der Waals surface area contributed by atoms with Crippen molar-refractivity contribution in [2.45, 2.75) is 19.8 Å². The molecule has 0 fully saturated rings. The van der Waals surface area contributed by atoms with E-state index >= 15 is 0 Å². The maximum absolute atomic E-state index is 11.1. The summed E-state index contributed by atoms with van der Waals surface area (Å²) < 4.78 is 21.1. The molecular weight excluding hydrogens is 396 g/mol. The summed E-state index contributed by atoms with van der Waals surface area (Å²) in [6.07, 6.45) is 4.15. The molecule has 2 aromatic rings. The number of aryl methyl sites for hydroxylation is 1. The first-order valence-electron chi connectivity index (χ1n) is 10.1. The van der Waals surface area contributed by atoms with E-state index in [1.807, 2.05) is 42.5 Å². The van der Waals surface area contributed by atoms with Crippen LogP contribution in [-0.4, -0.2) is 38.4 Å². The molecule has 0 aliphatic carbocycles. The monoisotopic (exact) mass is 424 g/mol. The third-order valence-electron chi connectivity index (χ3n) is 4.29. The first-order valence-corrected chi connectivity index (χ1v) is 10.1. The molecule has 0 bridgehead atoms. The molecule has 6 nitrogen and oxygen atoms in total. The maximum Gasteiger partial charge on any atom is 0.330 e. The summed E-state index contributed by atoms with van der Waals surface area (Å²) in [5, 5.41) is 0. The highest BCUT2D eigenvalue weighted by molar-refractivity contribution is 5.81. The Bertz CT molecular complexity index is 885. The molecule has 6 heteroatoms. The van der Waals surface area contributed by atoms with Gasteiger partial charge in [0.2, 0.25) is 0 Å². The van der Waals surface area contributed by atoms with E-state index in [1.54, 1.807) is 0 Å². The number of carbonyl (C=O) groups is 2. The Hall–Kier alpha value is -3.54. The van der Waals surface area contributed by atoms with Crippen LogP contribution in [0.25, 0.3) is 11.1 Å². The molecule has 2 aromatic carbocycles. The number of rotatable bonds is 13. The van der Waals surface area contributed by atoms with E-state index in [9.17, 15) is 9.59 Å². The van der Waals surface area contributed by atoms with Gasteiger partial charge in [-0.05, 0) is 47.4 Å². The number of ether oxygens (including phenoxy) is 4. The smallest absolute Gasteiger partial charge is 0.330 e. The van der Waals surface area contributed by atoms with Gasteiger partial charge in [0, 0.05) is 12.2 Å². The van der Waals surface area contributed by atoms with Gasteiger partial charge in [-0.15, -0.1) is 0 Å². The summed E-state index contributed by atoms with van der Waals surface area (Å²) in [5.41, 5.74) is 3.37. The van der Waals surface area contributed by atoms with E-state index in [0.717, 1.165) is 41.9 Å². The van der Waals surface area contributed by atoms with Crippen LogP contribution in [-0.2, 0) is 25.5 Å². The zero-order chi connectivity index (χ0) is 22.5. The Morgan fingerprint density at radius 1 is 0.806 bits per heavy atom. The number of hydrogen-bond donors (Lipinski definition) is 0. The normalized spacial score (nSPS) is 10.1. The van der Waals surface area contributed by atoms with Gasteiger partial charge in [0.15, 0.2) is 0 Å². The number of esters is 2. The maximum atomic E-state index is 11.1. The molecule has 0 N–H and O–H groups in total. The zero-order valence-corrected chi connectivity index (χ0v) is 17.8. The molecule has 0 unspecified atom stereocenters. The van der Waals surface area contributed by atoms with Crippen molar-refractivity contribution < 1.29 is 28.5 Å². The Morgan fingerprint density at radius 2 is 1.35 bits per heavy atom. The lowest BCUT2D eigenvalue weighted by atomic mass is 9.96. The quantitative estimate of drug-likeness (QED) is 0.267. The van der Waals surface area contributed by atoms with Crippen LogP contribution >= 0.6 is 0 Å².